The summed E-state index contributed by atoms with van der Waals surface area (Å²) in [5.41, 5.74) is 0.620. The molecular weight excluding hydrogens is 290 g/mol. The van der Waals surface area contributed by atoms with Gasteiger partial charge in [-0.05, 0) is 44.9 Å². The van der Waals surface area contributed by atoms with Crippen LogP contribution in [-0.2, 0) is 16.1 Å². The first-order valence-corrected chi connectivity index (χ1v) is 7.55. The van der Waals surface area contributed by atoms with Crippen molar-refractivity contribution in [1.29, 1.82) is 0 Å². The predicted octanol–water partition coefficient (Wildman–Crippen LogP) is 3.87. The highest BCUT2D eigenvalue weighted by Gasteiger charge is 2.30. The number of rotatable bonds is 3. The highest BCUT2D eigenvalue weighted by Crippen LogP contribution is 2.18. The van der Waals surface area contributed by atoms with Crippen molar-refractivity contribution in [2.24, 2.45) is 0 Å². The first-order valence-electron chi connectivity index (χ1n) is 7.17. The van der Waals surface area contributed by atoms with Crippen molar-refractivity contribution in [1.82, 2.24) is 4.90 Å². The van der Waals surface area contributed by atoms with Crippen molar-refractivity contribution in [2.75, 3.05) is 13.1 Å². The minimum atomic E-state index is -0.459. The molecule has 0 spiro atoms. The Bertz CT molecular complexity index is 481. The molecule has 0 N–H and O–H groups in total. The van der Waals surface area contributed by atoms with Gasteiger partial charge < -0.3 is 14.4 Å². The van der Waals surface area contributed by atoms with Gasteiger partial charge in [0.1, 0.15) is 5.60 Å². The molecule has 116 valence electrons. The van der Waals surface area contributed by atoms with Crippen LogP contribution >= 0.6 is 11.6 Å². The van der Waals surface area contributed by atoms with Crippen molar-refractivity contribution in [2.45, 2.75) is 45.5 Å². The van der Waals surface area contributed by atoms with Crippen LogP contribution < -0.4 is 0 Å². The van der Waals surface area contributed by atoms with E-state index in [-0.39, 0.29) is 12.2 Å². The monoisotopic (exact) mass is 311 g/mol. The average molecular weight is 312 g/mol. The lowest BCUT2D eigenvalue weighted by molar-refractivity contribution is 0.0184. The second-order valence-corrected chi connectivity index (χ2v) is 6.71. The van der Waals surface area contributed by atoms with Gasteiger partial charge in [-0.3, -0.25) is 0 Å². The molecule has 0 unspecified atom stereocenters. The van der Waals surface area contributed by atoms with Crippen molar-refractivity contribution in [3.8, 4) is 0 Å². The summed E-state index contributed by atoms with van der Waals surface area (Å²) >= 11 is 5.85. The van der Waals surface area contributed by atoms with Crippen molar-refractivity contribution >= 4 is 17.7 Å². The number of ether oxygens (including phenoxy) is 2. The lowest BCUT2D eigenvalue weighted by atomic mass is 10.2. The van der Waals surface area contributed by atoms with Gasteiger partial charge in [0.2, 0.25) is 0 Å². The maximum absolute atomic E-state index is 12.0. The number of halogens is 1. The van der Waals surface area contributed by atoms with Gasteiger partial charge in [-0.2, -0.15) is 0 Å². The van der Waals surface area contributed by atoms with E-state index in [1.807, 2.05) is 45.0 Å². The lowest BCUT2D eigenvalue weighted by Crippen LogP contribution is -2.36. The van der Waals surface area contributed by atoms with Gasteiger partial charge in [-0.1, -0.05) is 23.7 Å². The first-order chi connectivity index (χ1) is 9.83. The van der Waals surface area contributed by atoms with E-state index in [0.717, 1.165) is 17.0 Å². The Morgan fingerprint density at radius 1 is 1.33 bits per heavy atom. The van der Waals surface area contributed by atoms with Crippen LogP contribution in [-0.4, -0.2) is 35.8 Å². The third-order valence-corrected chi connectivity index (χ3v) is 3.45. The molecule has 1 aromatic rings. The van der Waals surface area contributed by atoms with Gasteiger partial charge in [0.15, 0.2) is 0 Å². The zero-order valence-corrected chi connectivity index (χ0v) is 13.5. The van der Waals surface area contributed by atoms with E-state index in [0.29, 0.717) is 19.7 Å². The third-order valence-electron chi connectivity index (χ3n) is 3.20. The van der Waals surface area contributed by atoms with E-state index in [4.69, 9.17) is 21.1 Å². The van der Waals surface area contributed by atoms with Crippen LogP contribution in [0.25, 0.3) is 0 Å². The second-order valence-electron chi connectivity index (χ2n) is 6.27. The summed E-state index contributed by atoms with van der Waals surface area (Å²) in [6.45, 7) is 7.41. The van der Waals surface area contributed by atoms with Gasteiger partial charge in [-0.25, -0.2) is 4.79 Å². The topological polar surface area (TPSA) is 38.8 Å². The van der Waals surface area contributed by atoms with Gasteiger partial charge in [0.05, 0.1) is 19.3 Å². The highest BCUT2D eigenvalue weighted by molar-refractivity contribution is 6.30. The molecule has 0 bridgehead atoms. The molecule has 21 heavy (non-hydrogen) atoms. The molecule has 1 aromatic carbocycles. The van der Waals surface area contributed by atoms with Crippen molar-refractivity contribution in [3.63, 3.8) is 0 Å². The Balaban J connectivity index is 1.77. The Morgan fingerprint density at radius 2 is 2.00 bits per heavy atom. The first kappa shape index (κ1) is 16.1. The van der Waals surface area contributed by atoms with E-state index in [2.05, 4.69) is 0 Å². The van der Waals surface area contributed by atoms with Gasteiger partial charge in [0.25, 0.3) is 0 Å². The fourth-order valence-corrected chi connectivity index (χ4v) is 2.28. The zero-order valence-electron chi connectivity index (χ0n) is 12.8. The number of carbonyl (C=O) groups excluding carboxylic acids is 1. The average Bonchev–Trinajstić information content (AvgIpc) is 2.85. The molecule has 1 amide bonds. The molecule has 1 atom stereocenters. The molecule has 0 radical (unpaired) electrons. The zero-order chi connectivity index (χ0) is 15.5. The van der Waals surface area contributed by atoms with Crippen LogP contribution in [0, 0.1) is 0 Å². The summed E-state index contributed by atoms with van der Waals surface area (Å²) in [4.78, 5) is 13.7. The summed E-state index contributed by atoms with van der Waals surface area (Å²) in [6, 6.07) is 7.59. The SMILES string of the molecule is CC(C)(C)OC(=O)N1CC[C@H](OCc2ccc(Cl)cc2)C1. The Hall–Kier alpha value is -1.26. The van der Waals surface area contributed by atoms with Gasteiger partial charge in [0, 0.05) is 11.6 Å². The van der Waals surface area contributed by atoms with E-state index >= 15 is 0 Å². The quantitative estimate of drug-likeness (QED) is 0.850. The standard InChI is InChI=1S/C16H22ClNO3/c1-16(2,3)21-15(19)18-9-8-14(10-18)20-11-12-4-6-13(17)7-5-12/h4-7,14H,8-11H2,1-3H3/t14-/m0/s1. The van der Waals surface area contributed by atoms with Crippen LogP contribution in [0.5, 0.6) is 0 Å². The van der Waals surface area contributed by atoms with E-state index in [9.17, 15) is 4.79 Å². The molecule has 1 saturated heterocycles. The molecule has 0 aliphatic carbocycles. The second kappa shape index (κ2) is 6.67. The van der Waals surface area contributed by atoms with E-state index in [1.165, 1.54) is 0 Å². The number of amides is 1. The fraction of sp³-hybridized carbons (Fsp3) is 0.562. The predicted molar refractivity (Wildman–Crippen MR) is 82.5 cm³/mol. The number of likely N-dealkylation sites (tertiary alicyclic amines) is 1. The molecule has 1 heterocycles. The van der Waals surface area contributed by atoms with Crippen LogP contribution in [0.3, 0.4) is 0 Å². The van der Waals surface area contributed by atoms with Gasteiger partial charge in [-0.15, -0.1) is 0 Å². The Labute approximate surface area is 131 Å². The van der Waals surface area contributed by atoms with Gasteiger partial charge >= 0.3 is 6.09 Å². The molecule has 2 rings (SSSR count). The third kappa shape index (κ3) is 5.21. The molecule has 4 nitrogen and oxygen atoms in total. The summed E-state index contributed by atoms with van der Waals surface area (Å²) in [5.74, 6) is 0. The van der Waals surface area contributed by atoms with E-state index in [1.54, 1.807) is 4.90 Å². The number of nitrogens with zero attached hydrogens (tertiary/aromatic N) is 1. The number of hydrogen-bond acceptors (Lipinski definition) is 3. The molecule has 1 aliphatic rings. The maximum atomic E-state index is 12.0. The summed E-state index contributed by atoms with van der Waals surface area (Å²) in [7, 11) is 0. The lowest BCUT2D eigenvalue weighted by Gasteiger charge is -2.24. The molecule has 1 aliphatic heterocycles. The molecular formula is C16H22ClNO3. The summed E-state index contributed by atoms with van der Waals surface area (Å²) < 4.78 is 11.2. The Kier molecular flexibility index (Phi) is 5.12. The molecule has 0 saturated carbocycles. The number of benzene rings is 1. The van der Waals surface area contributed by atoms with Crippen molar-refractivity contribution in [3.05, 3.63) is 34.9 Å². The van der Waals surface area contributed by atoms with Crippen LogP contribution in [0.15, 0.2) is 24.3 Å². The molecule has 0 aromatic heterocycles. The smallest absolute Gasteiger partial charge is 0.410 e. The minimum absolute atomic E-state index is 0.0631. The van der Waals surface area contributed by atoms with E-state index < -0.39 is 5.60 Å². The largest absolute Gasteiger partial charge is 0.444 e. The Morgan fingerprint density at radius 3 is 2.62 bits per heavy atom. The number of carbonyl (C=O) groups is 1. The maximum Gasteiger partial charge on any atom is 0.410 e. The summed E-state index contributed by atoms with van der Waals surface area (Å²) in [6.07, 6.45) is 0.639. The minimum Gasteiger partial charge on any atom is -0.444 e. The molecule has 1 fully saturated rings. The van der Waals surface area contributed by atoms with Crippen LogP contribution in [0.1, 0.15) is 32.8 Å². The normalized spacial score (nSPS) is 18.9. The van der Waals surface area contributed by atoms with Crippen LogP contribution in [0.2, 0.25) is 5.02 Å². The van der Waals surface area contributed by atoms with Crippen LogP contribution in [0.4, 0.5) is 4.79 Å². The highest BCUT2D eigenvalue weighted by atomic mass is 35.5. The summed E-state index contributed by atoms with van der Waals surface area (Å²) in [5, 5.41) is 0.718. The fourth-order valence-electron chi connectivity index (χ4n) is 2.15. The molecule has 5 heteroatoms. The van der Waals surface area contributed by atoms with Crippen molar-refractivity contribution < 1.29 is 14.3 Å². The number of hydrogen-bond donors (Lipinski definition) is 0.